The summed E-state index contributed by atoms with van der Waals surface area (Å²) >= 11 is 0. The van der Waals surface area contributed by atoms with Gasteiger partial charge in [0.25, 0.3) is 0 Å². The van der Waals surface area contributed by atoms with Crippen molar-refractivity contribution in [2.24, 2.45) is 5.92 Å². The molecule has 0 aromatic rings. The van der Waals surface area contributed by atoms with Crippen LogP contribution in [-0.2, 0) is 14.4 Å². The first-order valence-corrected chi connectivity index (χ1v) is 7.65. The molecule has 1 aliphatic rings. The van der Waals surface area contributed by atoms with E-state index in [2.05, 4.69) is 5.32 Å². The molecule has 0 aliphatic heterocycles. The Kier molecular flexibility index (Phi) is 6.65. The number of nitrogens with zero attached hydrogens (tertiary/aromatic N) is 1. The number of aliphatic carboxylic acids is 1. The fourth-order valence-corrected chi connectivity index (χ4v) is 2.67. The number of rotatable bonds is 7. The van der Waals surface area contributed by atoms with Crippen molar-refractivity contribution >= 4 is 17.8 Å². The lowest BCUT2D eigenvalue weighted by Crippen LogP contribution is -2.50. The number of hydrogen-bond acceptors (Lipinski definition) is 3. The fourth-order valence-electron chi connectivity index (χ4n) is 2.67. The zero-order valence-electron chi connectivity index (χ0n) is 13.1. The molecule has 0 aromatic carbocycles. The molecule has 0 spiro atoms. The van der Waals surface area contributed by atoms with Gasteiger partial charge in [0.1, 0.15) is 6.04 Å². The monoisotopic (exact) mass is 298 g/mol. The SMILES string of the molecule is CC(NC(=O)C1CCCC1)C(=O)N(CCC(=O)O)C(C)C. The molecule has 1 saturated carbocycles. The van der Waals surface area contributed by atoms with Crippen molar-refractivity contribution in [3.63, 3.8) is 0 Å². The van der Waals surface area contributed by atoms with Gasteiger partial charge < -0.3 is 15.3 Å². The highest BCUT2D eigenvalue weighted by atomic mass is 16.4. The summed E-state index contributed by atoms with van der Waals surface area (Å²) in [5.74, 6) is -1.20. The third kappa shape index (κ3) is 5.36. The predicted octanol–water partition coefficient (Wildman–Crippen LogP) is 1.39. The molecular formula is C15H26N2O4. The third-order valence-corrected chi connectivity index (χ3v) is 3.93. The van der Waals surface area contributed by atoms with Crippen LogP contribution in [0.5, 0.6) is 0 Å². The van der Waals surface area contributed by atoms with Crippen molar-refractivity contribution in [3.8, 4) is 0 Å². The second-order valence-electron chi connectivity index (χ2n) is 5.98. The Balaban J connectivity index is 2.56. The Labute approximate surface area is 125 Å². The van der Waals surface area contributed by atoms with Gasteiger partial charge in [-0.15, -0.1) is 0 Å². The van der Waals surface area contributed by atoms with Gasteiger partial charge in [-0.05, 0) is 33.6 Å². The summed E-state index contributed by atoms with van der Waals surface area (Å²) in [4.78, 5) is 36.6. The maximum Gasteiger partial charge on any atom is 0.305 e. The van der Waals surface area contributed by atoms with Crippen LogP contribution in [-0.4, -0.2) is 46.4 Å². The highest BCUT2D eigenvalue weighted by Gasteiger charge is 2.28. The molecule has 6 heteroatoms. The van der Waals surface area contributed by atoms with Gasteiger partial charge >= 0.3 is 5.97 Å². The van der Waals surface area contributed by atoms with E-state index >= 15 is 0 Å². The van der Waals surface area contributed by atoms with E-state index in [0.717, 1.165) is 25.7 Å². The van der Waals surface area contributed by atoms with Crippen LogP contribution in [0.1, 0.15) is 52.9 Å². The molecule has 0 radical (unpaired) electrons. The van der Waals surface area contributed by atoms with Gasteiger partial charge in [-0.3, -0.25) is 14.4 Å². The van der Waals surface area contributed by atoms with Crippen LogP contribution < -0.4 is 5.32 Å². The van der Waals surface area contributed by atoms with Crippen LogP contribution in [0.3, 0.4) is 0 Å². The minimum Gasteiger partial charge on any atom is -0.481 e. The van der Waals surface area contributed by atoms with Gasteiger partial charge in [0.2, 0.25) is 11.8 Å². The first kappa shape index (κ1) is 17.5. The molecule has 1 unspecified atom stereocenters. The van der Waals surface area contributed by atoms with E-state index < -0.39 is 12.0 Å². The summed E-state index contributed by atoms with van der Waals surface area (Å²) in [6.07, 6.45) is 3.82. The molecule has 1 fully saturated rings. The molecule has 0 aromatic heterocycles. The van der Waals surface area contributed by atoms with Gasteiger partial charge in [-0.1, -0.05) is 12.8 Å². The summed E-state index contributed by atoms with van der Waals surface area (Å²) in [5, 5.41) is 11.5. The molecule has 1 atom stereocenters. The van der Waals surface area contributed by atoms with Gasteiger partial charge in [0.15, 0.2) is 0 Å². The van der Waals surface area contributed by atoms with Crippen LogP contribution in [0.2, 0.25) is 0 Å². The highest BCUT2D eigenvalue weighted by Crippen LogP contribution is 2.24. The molecule has 1 aliphatic carbocycles. The summed E-state index contributed by atoms with van der Waals surface area (Å²) in [7, 11) is 0. The standard InChI is InChI=1S/C15H26N2O4/c1-10(2)17(9-8-13(18)19)15(21)11(3)16-14(20)12-6-4-5-7-12/h10-12H,4-9H2,1-3H3,(H,16,20)(H,18,19). The summed E-state index contributed by atoms with van der Waals surface area (Å²) in [6.45, 7) is 5.50. The number of carboxylic acid groups (broad SMARTS) is 1. The Morgan fingerprint density at radius 1 is 1.19 bits per heavy atom. The van der Waals surface area contributed by atoms with E-state index in [1.54, 1.807) is 6.92 Å². The maximum absolute atomic E-state index is 12.4. The Hall–Kier alpha value is -1.59. The number of carbonyl (C=O) groups is 3. The number of nitrogens with one attached hydrogen (secondary N) is 1. The van der Waals surface area contributed by atoms with E-state index in [9.17, 15) is 14.4 Å². The van der Waals surface area contributed by atoms with E-state index in [4.69, 9.17) is 5.11 Å². The average molecular weight is 298 g/mol. The van der Waals surface area contributed by atoms with E-state index in [1.165, 1.54) is 4.90 Å². The lowest BCUT2D eigenvalue weighted by molar-refractivity contribution is -0.141. The zero-order chi connectivity index (χ0) is 16.0. The van der Waals surface area contributed by atoms with Crippen molar-refractivity contribution in [1.29, 1.82) is 0 Å². The van der Waals surface area contributed by atoms with Gasteiger partial charge in [-0.25, -0.2) is 0 Å². The van der Waals surface area contributed by atoms with Crippen LogP contribution in [0.15, 0.2) is 0 Å². The maximum atomic E-state index is 12.4. The van der Waals surface area contributed by atoms with E-state index in [0.29, 0.717) is 0 Å². The Morgan fingerprint density at radius 2 is 1.76 bits per heavy atom. The summed E-state index contributed by atoms with van der Waals surface area (Å²) in [6, 6.07) is -0.711. The highest BCUT2D eigenvalue weighted by molar-refractivity contribution is 5.88. The minimum atomic E-state index is -0.934. The quantitative estimate of drug-likeness (QED) is 0.743. The largest absolute Gasteiger partial charge is 0.481 e. The van der Waals surface area contributed by atoms with Gasteiger partial charge in [0.05, 0.1) is 6.42 Å². The Morgan fingerprint density at radius 3 is 2.24 bits per heavy atom. The minimum absolute atomic E-state index is 0.0202. The molecule has 2 amide bonds. The molecule has 0 saturated heterocycles. The fraction of sp³-hybridized carbons (Fsp3) is 0.800. The van der Waals surface area contributed by atoms with Crippen molar-refractivity contribution in [2.45, 2.75) is 65.0 Å². The molecule has 0 bridgehead atoms. The normalized spacial score (nSPS) is 16.8. The number of carboxylic acids is 1. The third-order valence-electron chi connectivity index (χ3n) is 3.93. The molecule has 2 N–H and O–H groups in total. The average Bonchev–Trinajstić information content (AvgIpc) is 2.91. The van der Waals surface area contributed by atoms with Gasteiger partial charge in [0, 0.05) is 18.5 Å². The summed E-state index contributed by atoms with van der Waals surface area (Å²) in [5.41, 5.74) is 0. The van der Waals surface area contributed by atoms with Crippen molar-refractivity contribution in [1.82, 2.24) is 10.2 Å². The summed E-state index contributed by atoms with van der Waals surface area (Å²) < 4.78 is 0. The smallest absolute Gasteiger partial charge is 0.305 e. The lowest BCUT2D eigenvalue weighted by Gasteiger charge is -2.29. The van der Waals surface area contributed by atoms with Crippen LogP contribution in [0.4, 0.5) is 0 Å². The number of hydrogen-bond donors (Lipinski definition) is 2. The van der Waals surface area contributed by atoms with Crippen LogP contribution >= 0.6 is 0 Å². The topological polar surface area (TPSA) is 86.7 Å². The Bertz CT molecular complexity index is 389. The molecule has 21 heavy (non-hydrogen) atoms. The number of carbonyl (C=O) groups excluding carboxylic acids is 2. The molecule has 0 heterocycles. The van der Waals surface area contributed by atoms with E-state index in [1.807, 2.05) is 13.8 Å². The van der Waals surface area contributed by atoms with Crippen molar-refractivity contribution in [2.75, 3.05) is 6.54 Å². The van der Waals surface area contributed by atoms with Crippen LogP contribution in [0.25, 0.3) is 0 Å². The molecule has 120 valence electrons. The second-order valence-corrected chi connectivity index (χ2v) is 5.98. The van der Waals surface area contributed by atoms with Gasteiger partial charge in [-0.2, -0.15) is 0 Å². The zero-order valence-corrected chi connectivity index (χ0v) is 13.1. The first-order valence-electron chi connectivity index (χ1n) is 7.65. The van der Waals surface area contributed by atoms with Crippen molar-refractivity contribution in [3.05, 3.63) is 0 Å². The first-order chi connectivity index (χ1) is 9.82. The van der Waals surface area contributed by atoms with Crippen LogP contribution in [0, 0.1) is 5.92 Å². The molecule has 6 nitrogen and oxygen atoms in total. The predicted molar refractivity (Wildman–Crippen MR) is 78.7 cm³/mol. The molecular weight excluding hydrogens is 272 g/mol. The van der Waals surface area contributed by atoms with Crippen molar-refractivity contribution < 1.29 is 19.5 Å². The number of amides is 2. The lowest BCUT2D eigenvalue weighted by atomic mass is 10.1. The van der Waals surface area contributed by atoms with E-state index in [-0.39, 0.29) is 36.7 Å². The second kappa shape index (κ2) is 8.00. The molecule has 1 rings (SSSR count).